The Morgan fingerprint density at radius 3 is 2.19 bits per heavy atom. The molecule has 2 heterocycles. The van der Waals surface area contributed by atoms with Crippen molar-refractivity contribution in [2.24, 2.45) is 0 Å². The van der Waals surface area contributed by atoms with E-state index in [0.717, 1.165) is 0 Å². The maximum atomic E-state index is 13.0. The van der Waals surface area contributed by atoms with Crippen LogP contribution in [-0.2, 0) is 4.74 Å². The van der Waals surface area contributed by atoms with Crippen LogP contribution in [0.15, 0.2) is 12.1 Å². The Morgan fingerprint density at radius 1 is 0.972 bits per heavy atom. The number of aliphatic hydroxyl groups excluding tert-OH is 4. The van der Waals surface area contributed by atoms with Gasteiger partial charge in [-0.2, -0.15) is 0 Å². The number of carbonyl (C=O) groups is 1. The summed E-state index contributed by atoms with van der Waals surface area (Å²) in [4.78, 5) is 13.0. The van der Waals surface area contributed by atoms with Crippen molar-refractivity contribution in [3.8, 4) is 34.5 Å². The number of benzene rings is 2. The topological polar surface area (TPSA) is 196 Å². The molecule has 6 atom stereocenters. The zero-order chi connectivity index (χ0) is 26.5. The summed E-state index contributed by atoms with van der Waals surface area (Å²) in [6, 6.07) is 2.58. The van der Waals surface area contributed by atoms with Crippen LogP contribution in [0.25, 0.3) is 0 Å². The Hall–Kier alpha value is -3.29. The number of hydrogen-bond donors (Lipinski definition) is 7. The zero-order valence-corrected chi connectivity index (χ0v) is 19.7. The third-order valence-corrected chi connectivity index (χ3v) is 6.48. The summed E-state index contributed by atoms with van der Waals surface area (Å²) in [6.07, 6.45) is -8.82. The van der Waals surface area contributed by atoms with E-state index in [2.05, 4.69) is 0 Å². The van der Waals surface area contributed by atoms with E-state index in [0.29, 0.717) is 0 Å². The number of carbonyl (C=O) groups excluding carboxylic acids is 1. The van der Waals surface area contributed by atoms with E-state index in [1.807, 2.05) is 0 Å². The lowest BCUT2D eigenvalue weighted by atomic mass is 9.91. The highest BCUT2D eigenvalue weighted by atomic mass is 16.7. The average Bonchev–Trinajstić information content (AvgIpc) is 2.84. The van der Waals surface area contributed by atoms with Gasteiger partial charge in [0, 0.05) is 16.7 Å². The standard InChI is InChI=1S/C24H28O12/c1-8-17(29)16-11(26)6-14(10-4-12(27)23(33-3)13(28)5-10)34-22(16)9(2)21(8)36-24-20(32)19(31)18(30)15(7-25)35-24/h4-5,14-15,18-20,24-25,27-32H,6-7H2,1-3H3/t14-,15+,18+,19-,20+,24-/m0/s1. The second-order valence-electron chi connectivity index (χ2n) is 8.77. The predicted octanol–water partition coefficient (Wildman–Crippen LogP) is 0.314. The van der Waals surface area contributed by atoms with Gasteiger partial charge in [0.2, 0.25) is 12.0 Å². The summed E-state index contributed by atoms with van der Waals surface area (Å²) in [7, 11) is 1.27. The lowest BCUT2D eigenvalue weighted by Gasteiger charge is -2.40. The largest absolute Gasteiger partial charge is 0.507 e. The molecule has 2 aromatic carbocycles. The number of ether oxygens (including phenoxy) is 4. The SMILES string of the molecule is COc1c(O)cc([C@@H]2CC(=O)c3c(O)c(C)c(O[C@@H]4O[C@H](CO)[C@@H](O)[C@H](O)[C@H]4O)c(C)c3O2)cc1O. The highest BCUT2D eigenvalue weighted by molar-refractivity contribution is 6.04. The molecule has 12 nitrogen and oxygen atoms in total. The molecular formula is C24H28O12. The van der Waals surface area contributed by atoms with Crippen LogP contribution in [0.2, 0.25) is 0 Å². The summed E-state index contributed by atoms with van der Waals surface area (Å²) >= 11 is 0. The number of fused-ring (bicyclic) bond motifs is 1. The lowest BCUT2D eigenvalue weighted by molar-refractivity contribution is -0.277. The molecule has 0 aromatic heterocycles. The molecule has 7 N–H and O–H groups in total. The Bertz CT molecular complexity index is 1150. The molecule has 0 aliphatic carbocycles. The minimum absolute atomic E-state index is 0.00976. The molecule has 1 fully saturated rings. The van der Waals surface area contributed by atoms with Gasteiger partial charge < -0.3 is 54.7 Å². The van der Waals surface area contributed by atoms with Crippen LogP contribution in [0.4, 0.5) is 0 Å². The van der Waals surface area contributed by atoms with Crippen molar-refractivity contribution in [1.29, 1.82) is 0 Å². The normalized spacial score (nSPS) is 27.8. The van der Waals surface area contributed by atoms with Gasteiger partial charge in [-0.3, -0.25) is 4.79 Å². The molecule has 0 saturated carbocycles. The third-order valence-electron chi connectivity index (χ3n) is 6.48. The van der Waals surface area contributed by atoms with E-state index < -0.39 is 54.9 Å². The minimum atomic E-state index is -1.69. The van der Waals surface area contributed by atoms with E-state index in [9.17, 15) is 40.5 Å². The maximum Gasteiger partial charge on any atom is 0.229 e. The fourth-order valence-electron chi connectivity index (χ4n) is 4.49. The van der Waals surface area contributed by atoms with Crippen molar-refractivity contribution < 1.29 is 59.5 Å². The first-order valence-electron chi connectivity index (χ1n) is 11.1. The van der Waals surface area contributed by atoms with Crippen LogP contribution in [-0.4, -0.2) is 86.0 Å². The fraction of sp³-hybridized carbons (Fsp3) is 0.458. The van der Waals surface area contributed by atoms with Gasteiger partial charge in [-0.25, -0.2) is 0 Å². The molecule has 1 saturated heterocycles. The van der Waals surface area contributed by atoms with E-state index in [-0.39, 0.29) is 57.4 Å². The Kier molecular flexibility index (Phi) is 6.90. The summed E-state index contributed by atoms with van der Waals surface area (Å²) in [6.45, 7) is 2.36. The van der Waals surface area contributed by atoms with Crippen LogP contribution in [0.1, 0.15) is 39.6 Å². The summed E-state index contributed by atoms with van der Waals surface area (Å²) < 4.78 is 22.1. The molecule has 0 spiro atoms. The molecule has 2 aliphatic rings. The van der Waals surface area contributed by atoms with Gasteiger partial charge in [0.05, 0.1) is 20.1 Å². The van der Waals surface area contributed by atoms with Gasteiger partial charge in [0.1, 0.15) is 53.3 Å². The highest BCUT2D eigenvalue weighted by Gasteiger charge is 2.45. The minimum Gasteiger partial charge on any atom is -0.507 e. The molecule has 12 heteroatoms. The molecule has 4 rings (SSSR count). The van der Waals surface area contributed by atoms with E-state index in [1.165, 1.54) is 26.2 Å². The van der Waals surface area contributed by atoms with Crippen LogP contribution in [0.3, 0.4) is 0 Å². The van der Waals surface area contributed by atoms with E-state index in [4.69, 9.17) is 18.9 Å². The van der Waals surface area contributed by atoms with Gasteiger partial charge in [-0.1, -0.05) is 0 Å². The lowest BCUT2D eigenvalue weighted by Crippen LogP contribution is -2.60. The van der Waals surface area contributed by atoms with Crippen LogP contribution >= 0.6 is 0 Å². The molecule has 0 bridgehead atoms. The summed E-state index contributed by atoms with van der Waals surface area (Å²) in [5.74, 6) is -1.76. The van der Waals surface area contributed by atoms with Crippen molar-refractivity contribution in [3.63, 3.8) is 0 Å². The molecule has 2 aliphatic heterocycles. The predicted molar refractivity (Wildman–Crippen MR) is 121 cm³/mol. The number of phenolic OH excluding ortho intramolecular Hbond substituents is 3. The van der Waals surface area contributed by atoms with E-state index in [1.54, 1.807) is 6.92 Å². The van der Waals surface area contributed by atoms with Gasteiger partial charge in [0.25, 0.3) is 0 Å². The number of methoxy groups -OCH3 is 1. The molecule has 0 radical (unpaired) electrons. The average molecular weight is 508 g/mol. The van der Waals surface area contributed by atoms with Crippen LogP contribution < -0.4 is 14.2 Å². The van der Waals surface area contributed by atoms with Crippen LogP contribution in [0.5, 0.6) is 34.5 Å². The maximum absolute atomic E-state index is 13.0. The number of Topliss-reactive ketones (excluding diaryl/α,β-unsaturated/α-hetero) is 1. The van der Waals surface area contributed by atoms with Crippen LogP contribution in [0, 0.1) is 13.8 Å². The smallest absolute Gasteiger partial charge is 0.229 e. The Balaban J connectivity index is 1.72. The molecule has 196 valence electrons. The van der Waals surface area contributed by atoms with Crippen molar-refractivity contribution >= 4 is 5.78 Å². The van der Waals surface area contributed by atoms with Gasteiger partial charge in [0.15, 0.2) is 17.3 Å². The second kappa shape index (κ2) is 9.64. The molecular weight excluding hydrogens is 480 g/mol. The molecule has 36 heavy (non-hydrogen) atoms. The van der Waals surface area contributed by atoms with Gasteiger partial charge in [-0.15, -0.1) is 0 Å². The number of ketones is 1. The molecule has 0 amide bonds. The van der Waals surface area contributed by atoms with Crippen molar-refractivity contribution in [2.75, 3.05) is 13.7 Å². The number of aliphatic hydroxyl groups is 4. The zero-order valence-electron chi connectivity index (χ0n) is 19.7. The van der Waals surface area contributed by atoms with Crippen molar-refractivity contribution in [1.82, 2.24) is 0 Å². The first kappa shape index (κ1) is 25.8. The number of hydrogen-bond acceptors (Lipinski definition) is 12. The van der Waals surface area contributed by atoms with Crippen molar-refractivity contribution in [3.05, 3.63) is 34.4 Å². The molecule has 2 aromatic rings. The number of rotatable bonds is 5. The van der Waals surface area contributed by atoms with Crippen molar-refractivity contribution in [2.45, 2.75) is 57.1 Å². The van der Waals surface area contributed by atoms with Gasteiger partial charge >= 0.3 is 0 Å². The quantitative estimate of drug-likeness (QED) is 0.292. The molecule has 0 unspecified atom stereocenters. The first-order valence-corrected chi connectivity index (χ1v) is 11.1. The summed E-state index contributed by atoms with van der Waals surface area (Å²) in [5, 5.41) is 71.0. The Morgan fingerprint density at radius 2 is 1.61 bits per heavy atom. The monoisotopic (exact) mass is 508 g/mol. The van der Waals surface area contributed by atoms with E-state index >= 15 is 0 Å². The number of aromatic hydroxyl groups is 3. The fourth-order valence-corrected chi connectivity index (χ4v) is 4.49. The Labute approximate surface area is 205 Å². The third kappa shape index (κ3) is 4.16. The second-order valence-corrected chi connectivity index (χ2v) is 8.77. The van der Waals surface area contributed by atoms with Gasteiger partial charge in [-0.05, 0) is 26.0 Å². The first-order chi connectivity index (χ1) is 17.0. The number of phenols is 3. The highest BCUT2D eigenvalue weighted by Crippen LogP contribution is 2.49. The summed E-state index contributed by atoms with van der Waals surface area (Å²) in [5.41, 5.74) is 0.598.